The second-order valence-electron chi connectivity index (χ2n) is 6.31. The Balaban J connectivity index is 2.17. The van der Waals surface area contributed by atoms with E-state index in [-0.39, 0.29) is 6.09 Å². The van der Waals surface area contributed by atoms with E-state index in [9.17, 15) is 9.59 Å². The summed E-state index contributed by atoms with van der Waals surface area (Å²) in [6.07, 6.45) is 0.216. The van der Waals surface area contributed by atoms with Gasteiger partial charge in [0.25, 0.3) is 0 Å². The fourth-order valence-electron chi connectivity index (χ4n) is 2.50. The molecule has 0 spiro atoms. The molecule has 1 aliphatic rings. The van der Waals surface area contributed by atoms with Gasteiger partial charge in [-0.1, -0.05) is 0 Å². The average Bonchev–Trinajstić information content (AvgIpc) is 2.61. The Morgan fingerprint density at radius 1 is 1.18 bits per heavy atom. The van der Waals surface area contributed by atoms with E-state index in [1.165, 1.54) is 7.11 Å². The zero-order valence-corrected chi connectivity index (χ0v) is 13.8. The number of aryl methyl sites for hydroxylation is 1. The van der Waals surface area contributed by atoms with E-state index in [4.69, 9.17) is 9.47 Å². The monoisotopic (exact) mass is 309 g/mol. The number of carbonyl (C=O) groups excluding carboxylic acids is 2. The molecule has 0 saturated carbocycles. The highest BCUT2D eigenvalue weighted by atomic mass is 16.6. The Bertz CT molecular complexity index is 586. The molecule has 2 heterocycles. The van der Waals surface area contributed by atoms with Gasteiger partial charge in [0.15, 0.2) is 5.69 Å². The van der Waals surface area contributed by atoms with Crippen molar-refractivity contribution in [2.24, 2.45) is 0 Å². The van der Waals surface area contributed by atoms with Gasteiger partial charge in [-0.15, -0.1) is 0 Å². The van der Waals surface area contributed by atoms with Crippen LogP contribution in [0.4, 0.5) is 4.79 Å². The van der Waals surface area contributed by atoms with Crippen LogP contribution in [0.25, 0.3) is 0 Å². The zero-order valence-electron chi connectivity index (χ0n) is 13.8. The van der Waals surface area contributed by atoms with Gasteiger partial charge >= 0.3 is 12.1 Å². The number of nitrogens with zero attached hydrogens (tertiary/aromatic N) is 3. The molecular formula is C15H23N3O4. The summed E-state index contributed by atoms with van der Waals surface area (Å²) < 4.78 is 12.2. The van der Waals surface area contributed by atoms with Crippen LogP contribution in [0.5, 0.6) is 0 Å². The van der Waals surface area contributed by atoms with Crippen LogP contribution in [0.3, 0.4) is 0 Å². The third kappa shape index (κ3) is 3.40. The molecule has 0 aliphatic carbocycles. The number of ether oxygens (including phenoxy) is 2. The highest BCUT2D eigenvalue weighted by molar-refractivity contribution is 5.88. The lowest BCUT2D eigenvalue weighted by molar-refractivity contribution is 0.0254. The van der Waals surface area contributed by atoms with Crippen molar-refractivity contribution in [2.75, 3.05) is 20.2 Å². The maximum Gasteiger partial charge on any atom is 0.410 e. The first-order chi connectivity index (χ1) is 10.2. The molecule has 1 aromatic rings. The molecule has 0 N–H and O–H groups in total. The third-order valence-electron chi connectivity index (χ3n) is 3.51. The van der Waals surface area contributed by atoms with Gasteiger partial charge in [0.2, 0.25) is 0 Å². The number of hydrogen-bond acceptors (Lipinski definition) is 5. The molecule has 0 unspecified atom stereocenters. The fraction of sp³-hybridized carbons (Fsp3) is 0.667. The van der Waals surface area contributed by atoms with Gasteiger partial charge in [0.05, 0.1) is 12.8 Å². The topological polar surface area (TPSA) is 73.7 Å². The highest BCUT2D eigenvalue weighted by Gasteiger charge is 2.28. The van der Waals surface area contributed by atoms with Crippen LogP contribution in [0, 0.1) is 6.92 Å². The molecule has 22 heavy (non-hydrogen) atoms. The Hall–Kier alpha value is -2.05. The first kappa shape index (κ1) is 16.3. The van der Waals surface area contributed by atoms with E-state index in [0.29, 0.717) is 31.7 Å². The number of imidazole rings is 1. The minimum absolute atomic E-state index is 0.330. The molecule has 1 aliphatic heterocycles. The van der Waals surface area contributed by atoms with Crippen molar-refractivity contribution in [1.29, 1.82) is 0 Å². The van der Waals surface area contributed by atoms with Crippen molar-refractivity contribution in [2.45, 2.75) is 46.3 Å². The molecule has 0 fully saturated rings. The number of aromatic nitrogens is 2. The number of hydrogen-bond donors (Lipinski definition) is 0. The summed E-state index contributed by atoms with van der Waals surface area (Å²) in [4.78, 5) is 30.0. The summed E-state index contributed by atoms with van der Waals surface area (Å²) in [5, 5.41) is 0. The zero-order chi connectivity index (χ0) is 16.5. The van der Waals surface area contributed by atoms with E-state index in [1.807, 2.05) is 32.3 Å². The minimum Gasteiger partial charge on any atom is -0.464 e. The van der Waals surface area contributed by atoms with Crippen molar-refractivity contribution in [3.8, 4) is 0 Å². The molecule has 0 atom stereocenters. The van der Waals surface area contributed by atoms with Gasteiger partial charge in [0.1, 0.15) is 11.4 Å². The lowest BCUT2D eigenvalue weighted by atomic mass is 10.2. The van der Waals surface area contributed by atoms with Crippen LogP contribution in [-0.4, -0.2) is 52.3 Å². The molecule has 1 aromatic heterocycles. The standard InChI is InChI=1S/C15H23N3O4/c1-10-16-12(13(19)21-5)11-6-7-17(8-9-18(10)11)14(20)22-15(2,3)4/h6-9H2,1-5H3. The van der Waals surface area contributed by atoms with Crippen LogP contribution in [-0.2, 0) is 22.4 Å². The van der Waals surface area contributed by atoms with Crippen LogP contribution in [0.1, 0.15) is 42.8 Å². The molecular weight excluding hydrogens is 286 g/mol. The highest BCUT2D eigenvalue weighted by Crippen LogP contribution is 2.19. The molecule has 2 rings (SSSR count). The Morgan fingerprint density at radius 3 is 2.45 bits per heavy atom. The molecule has 0 aromatic carbocycles. The summed E-state index contributed by atoms with van der Waals surface area (Å²) in [5.41, 5.74) is 0.634. The van der Waals surface area contributed by atoms with E-state index >= 15 is 0 Å². The van der Waals surface area contributed by atoms with Crippen LogP contribution < -0.4 is 0 Å². The molecule has 7 heteroatoms. The summed E-state index contributed by atoms with van der Waals surface area (Å²) in [6, 6.07) is 0. The molecule has 0 saturated heterocycles. The van der Waals surface area contributed by atoms with E-state index < -0.39 is 11.6 Å². The van der Waals surface area contributed by atoms with Crippen molar-refractivity contribution in [3.05, 3.63) is 17.2 Å². The first-order valence-electron chi connectivity index (χ1n) is 7.35. The van der Waals surface area contributed by atoms with E-state index in [0.717, 1.165) is 11.5 Å². The summed E-state index contributed by atoms with van der Waals surface area (Å²) in [5.74, 6) is 0.309. The minimum atomic E-state index is -0.520. The van der Waals surface area contributed by atoms with Crippen LogP contribution >= 0.6 is 0 Å². The van der Waals surface area contributed by atoms with Crippen molar-refractivity contribution in [3.63, 3.8) is 0 Å². The molecule has 122 valence electrons. The van der Waals surface area contributed by atoms with Gasteiger partial charge in [-0.2, -0.15) is 0 Å². The quantitative estimate of drug-likeness (QED) is 0.739. The Labute approximate surface area is 130 Å². The molecule has 0 bridgehead atoms. The number of carbonyl (C=O) groups is 2. The normalized spacial score (nSPS) is 15.0. The summed E-state index contributed by atoms with van der Waals surface area (Å²) in [7, 11) is 1.34. The molecule has 0 radical (unpaired) electrons. The van der Waals surface area contributed by atoms with Crippen LogP contribution in [0.15, 0.2) is 0 Å². The average molecular weight is 309 g/mol. The second-order valence-corrected chi connectivity index (χ2v) is 6.31. The lowest BCUT2D eigenvalue weighted by Gasteiger charge is -2.26. The summed E-state index contributed by atoms with van der Waals surface area (Å²) in [6.45, 7) is 8.98. The van der Waals surface area contributed by atoms with Gasteiger partial charge in [-0.3, -0.25) is 0 Å². The number of rotatable bonds is 1. The van der Waals surface area contributed by atoms with Gasteiger partial charge in [-0.25, -0.2) is 14.6 Å². The number of esters is 1. The van der Waals surface area contributed by atoms with Gasteiger partial charge < -0.3 is 18.9 Å². The van der Waals surface area contributed by atoms with Crippen molar-refractivity contribution >= 4 is 12.1 Å². The second kappa shape index (κ2) is 5.98. The van der Waals surface area contributed by atoms with Crippen molar-refractivity contribution < 1.29 is 19.1 Å². The van der Waals surface area contributed by atoms with E-state index in [1.54, 1.807) is 4.90 Å². The maximum atomic E-state index is 12.2. The Morgan fingerprint density at radius 2 is 1.86 bits per heavy atom. The third-order valence-corrected chi connectivity index (χ3v) is 3.51. The largest absolute Gasteiger partial charge is 0.464 e. The first-order valence-corrected chi connectivity index (χ1v) is 7.35. The smallest absolute Gasteiger partial charge is 0.410 e. The summed E-state index contributed by atoms with van der Waals surface area (Å²) >= 11 is 0. The number of fused-ring (bicyclic) bond motifs is 1. The number of methoxy groups -OCH3 is 1. The number of amides is 1. The molecule has 1 amide bonds. The van der Waals surface area contributed by atoms with Gasteiger partial charge in [-0.05, 0) is 27.7 Å². The van der Waals surface area contributed by atoms with Crippen molar-refractivity contribution in [1.82, 2.24) is 14.5 Å². The van der Waals surface area contributed by atoms with Gasteiger partial charge in [0, 0.05) is 26.1 Å². The van der Waals surface area contributed by atoms with Crippen LogP contribution in [0.2, 0.25) is 0 Å². The predicted molar refractivity (Wildman–Crippen MR) is 79.8 cm³/mol. The Kier molecular flexibility index (Phi) is 4.44. The maximum absolute atomic E-state index is 12.2. The predicted octanol–water partition coefficient (Wildman–Crippen LogP) is 1.77. The lowest BCUT2D eigenvalue weighted by Crippen LogP contribution is -2.38. The van der Waals surface area contributed by atoms with E-state index in [2.05, 4.69) is 4.98 Å². The molecule has 7 nitrogen and oxygen atoms in total. The fourth-order valence-corrected chi connectivity index (χ4v) is 2.50. The SMILES string of the molecule is COC(=O)c1nc(C)n2c1CCN(C(=O)OC(C)(C)C)CC2.